The molecule has 22 heavy (non-hydrogen) atoms. The van der Waals surface area contributed by atoms with Crippen LogP contribution in [0, 0.1) is 0 Å². The van der Waals surface area contributed by atoms with Gasteiger partial charge in [-0.15, -0.1) is 0 Å². The Morgan fingerprint density at radius 1 is 1.14 bits per heavy atom. The van der Waals surface area contributed by atoms with E-state index in [0.29, 0.717) is 19.8 Å². The molecule has 0 unspecified atom stereocenters. The van der Waals surface area contributed by atoms with Gasteiger partial charge in [0.25, 0.3) is 0 Å². The topological polar surface area (TPSA) is 54.9 Å². The first kappa shape index (κ1) is 18.5. The molecule has 1 aromatic carbocycles. The lowest BCUT2D eigenvalue weighted by atomic mass is 10.1. The van der Waals surface area contributed by atoms with E-state index >= 15 is 0 Å². The van der Waals surface area contributed by atoms with Crippen LogP contribution in [0.2, 0.25) is 0 Å². The lowest BCUT2D eigenvalue weighted by Gasteiger charge is -2.11. The maximum absolute atomic E-state index is 5.59. The van der Waals surface area contributed by atoms with Crippen LogP contribution in [-0.2, 0) is 22.6 Å². The van der Waals surface area contributed by atoms with E-state index in [1.165, 1.54) is 11.1 Å². The Hall–Kier alpha value is -1.59. The molecule has 0 saturated carbocycles. The van der Waals surface area contributed by atoms with Gasteiger partial charge in [0.2, 0.25) is 0 Å². The van der Waals surface area contributed by atoms with Crippen LogP contribution in [0.3, 0.4) is 0 Å². The molecular weight excluding hydrogens is 278 g/mol. The van der Waals surface area contributed by atoms with E-state index in [1.54, 1.807) is 7.11 Å². The fraction of sp³-hybridized carbons (Fsp3) is 0.588. The molecule has 0 aliphatic heterocycles. The van der Waals surface area contributed by atoms with Crippen molar-refractivity contribution < 1.29 is 9.47 Å². The zero-order valence-corrected chi connectivity index (χ0v) is 14.2. The Morgan fingerprint density at radius 2 is 1.82 bits per heavy atom. The summed E-state index contributed by atoms with van der Waals surface area (Å²) in [5.41, 5.74) is 2.36. The molecule has 0 radical (unpaired) electrons. The molecule has 5 heteroatoms. The summed E-state index contributed by atoms with van der Waals surface area (Å²) in [7, 11) is 1.69. The van der Waals surface area contributed by atoms with Crippen molar-refractivity contribution in [3.05, 3.63) is 35.4 Å². The van der Waals surface area contributed by atoms with Gasteiger partial charge in [-0.25, -0.2) is 4.99 Å². The lowest BCUT2D eigenvalue weighted by molar-refractivity contribution is 0.0657. The molecular formula is C17H29N3O2. The lowest BCUT2D eigenvalue weighted by Crippen LogP contribution is -2.38. The molecule has 2 N–H and O–H groups in total. The Kier molecular flexibility index (Phi) is 9.26. The number of hydrogen-bond donors (Lipinski definition) is 2. The first-order valence-electron chi connectivity index (χ1n) is 7.86. The summed E-state index contributed by atoms with van der Waals surface area (Å²) in [6.07, 6.45) is 0.255. The first-order chi connectivity index (χ1) is 10.7. The van der Waals surface area contributed by atoms with Gasteiger partial charge >= 0.3 is 0 Å². The van der Waals surface area contributed by atoms with Crippen LogP contribution in [0.15, 0.2) is 29.3 Å². The molecule has 1 rings (SSSR count). The quantitative estimate of drug-likeness (QED) is 0.418. The average molecular weight is 307 g/mol. The van der Waals surface area contributed by atoms with Crippen molar-refractivity contribution in [2.24, 2.45) is 4.99 Å². The summed E-state index contributed by atoms with van der Waals surface area (Å²) < 4.78 is 10.6. The minimum absolute atomic E-state index is 0.255. The first-order valence-corrected chi connectivity index (χ1v) is 7.86. The molecule has 0 aromatic heterocycles. The van der Waals surface area contributed by atoms with Gasteiger partial charge in [-0.2, -0.15) is 0 Å². The fourth-order valence-electron chi connectivity index (χ4n) is 1.79. The number of ether oxygens (including phenoxy) is 2. The number of methoxy groups -OCH3 is 1. The molecule has 0 aliphatic rings. The third kappa shape index (κ3) is 8.00. The van der Waals surface area contributed by atoms with Crippen molar-refractivity contribution in [1.29, 1.82) is 0 Å². The maximum Gasteiger partial charge on any atom is 0.191 e. The number of hydrogen-bond acceptors (Lipinski definition) is 3. The minimum atomic E-state index is 0.255. The van der Waals surface area contributed by atoms with E-state index in [1.807, 2.05) is 13.8 Å². The van der Waals surface area contributed by atoms with Crippen molar-refractivity contribution in [2.45, 2.75) is 40.0 Å². The second-order valence-electron chi connectivity index (χ2n) is 5.29. The average Bonchev–Trinajstić information content (AvgIpc) is 2.51. The number of guanidine groups is 1. The van der Waals surface area contributed by atoms with Gasteiger partial charge in [-0.1, -0.05) is 24.3 Å². The summed E-state index contributed by atoms with van der Waals surface area (Å²) in [6, 6.07) is 8.39. The zero-order valence-electron chi connectivity index (χ0n) is 14.2. The minimum Gasteiger partial charge on any atom is -0.383 e. The number of rotatable bonds is 9. The Morgan fingerprint density at radius 3 is 2.41 bits per heavy atom. The molecule has 0 saturated heterocycles. The van der Waals surface area contributed by atoms with Crippen molar-refractivity contribution in [3.8, 4) is 0 Å². The van der Waals surface area contributed by atoms with Crippen LogP contribution in [-0.4, -0.2) is 38.9 Å². The Bertz CT molecular complexity index is 430. The Labute approximate surface area is 134 Å². The van der Waals surface area contributed by atoms with Gasteiger partial charge in [0.05, 0.1) is 25.9 Å². The van der Waals surface area contributed by atoms with E-state index in [-0.39, 0.29) is 6.10 Å². The summed E-state index contributed by atoms with van der Waals surface area (Å²) in [6.45, 7) is 9.68. The highest BCUT2D eigenvalue weighted by Gasteiger charge is 1.99. The smallest absolute Gasteiger partial charge is 0.191 e. The molecule has 0 spiro atoms. The molecule has 0 fully saturated rings. The van der Waals surface area contributed by atoms with Crippen molar-refractivity contribution in [2.75, 3.05) is 26.8 Å². The maximum atomic E-state index is 5.59. The van der Waals surface area contributed by atoms with Crippen LogP contribution >= 0.6 is 0 Å². The largest absolute Gasteiger partial charge is 0.383 e. The van der Waals surface area contributed by atoms with Crippen molar-refractivity contribution in [1.82, 2.24) is 10.6 Å². The van der Waals surface area contributed by atoms with Crippen LogP contribution in [0.25, 0.3) is 0 Å². The summed E-state index contributed by atoms with van der Waals surface area (Å²) in [5, 5.41) is 6.45. The highest BCUT2D eigenvalue weighted by molar-refractivity contribution is 5.79. The van der Waals surface area contributed by atoms with Crippen LogP contribution < -0.4 is 10.6 Å². The summed E-state index contributed by atoms with van der Waals surface area (Å²) in [4.78, 5) is 4.57. The fourth-order valence-corrected chi connectivity index (χ4v) is 1.79. The van der Waals surface area contributed by atoms with Gasteiger partial charge in [-0.05, 0) is 31.9 Å². The van der Waals surface area contributed by atoms with Crippen LogP contribution in [0.5, 0.6) is 0 Å². The predicted molar refractivity (Wildman–Crippen MR) is 91.1 cm³/mol. The van der Waals surface area contributed by atoms with E-state index in [4.69, 9.17) is 9.47 Å². The van der Waals surface area contributed by atoms with Crippen molar-refractivity contribution in [3.63, 3.8) is 0 Å². The summed E-state index contributed by atoms with van der Waals surface area (Å²) >= 11 is 0. The third-order valence-electron chi connectivity index (χ3n) is 2.97. The van der Waals surface area contributed by atoms with E-state index in [0.717, 1.165) is 19.0 Å². The van der Waals surface area contributed by atoms with Crippen LogP contribution in [0.4, 0.5) is 0 Å². The number of aliphatic imine (C=N–C) groups is 1. The Balaban J connectivity index is 2.50. The van der Waals surface area contributed by atoms with Gasteiger partial charge in [-0.3, -0.25) is 0 Å². The standard InChI is InChI=1S/C17H29N3O2/c1-5-18-17(19-10-11-21-4)20-12-15-6-8-16(9-7-15)13-22-14(2)3/h6-9,14H,5,10-13H2,1-4H3,(H2,18,19,20). The van der Waals surface area contributed by atoms with E-state index < -0.39 is 0 Å². The molecule has 5 nitrogen and oxygen atoms in total. The molecule has 0 bridgehead atoms. The van der Waals surface area contributed by atoms with Gasteiger partial charge in [0.1, 0.15) is 0 Å². The van der Waals surface area contributed by atoms with Gasteiger partial charge < -0.3 is 20.1 Å². The van der Waals surface area contributed by atoms with Gasteiger partial charge in [0, 0.05) is 20.2 Å². The van der Waals surface area contributed by atoms with Gasteiger partial charge in [0.15, 0.2) is 5.96 Å². The number of nitrogens with one attached hydrogen (secondary N) is 2. The number of benzene rings is 1. The number of nitrogens with zero attached hydrogens (tertiary/aromatic N) is 1. The zero-order chi connectivity index (χ0) is 16.2. The second kappa shape index (κ2) is 11.0. The monoisotopic (exact) mass is 307 g/mol. The van der Waals surface area contributed by atoms with E-state index in [9.17, 15) is 0 Å². The molecule has 0 amide bonds. The van der Waals surface area contributed by atoms with Crippen molar-refractivity contribution >= 4 is 5.96 Å². The third-order valence-corrected chi connectivity index (χ3v) is 2.97. The molecule has 0 atom stereocenters. The van der Waals surface area contributed by atoms with Crippen LogP contribution in [0.1, 0.15) is 31.9 Å². The highest BCUT2D eigenvalue weighted by Crippen LogP contribution is 2.08. The highest BCUT2D eigenvalue weighted by atomic mass is 16.5. The second-order valence-corrected chi connectivity index (χ2v) is 5.29. The predicted octanol–water partition coefficient (Wildman–Crippen LogP) is 2.31. The molecule has 0 heterocycles. The molecule has 0 aliphatic carbocycles. The SMILES string of the molecule is CCNC(=NCc1ccc(COC(C)C)cc1)NCCOC. The molecule has 1 aromatic rings. The van der Waals surface area contributed by atoms with E-state index in [2.05, 4.69) is 46.8 Å². The normalized spacial score (nSPS) is 11.8. The summed E-state index contributed by atoms with van der Waals surface area (Å²) in [5.74, 6) is 0.812. The molecule has 124 valence electrons.